The third kappa shape index (κ3) is 4.27. The van der Waals surface area contributed by atoms with Crippen molar-refractivity contribution in [1.29, 1.82) is 0 Å². The minimum absolute atomic E-state index is 0.0197. The zero-order valence-electron chi connectivity index (χ0n) is 18.3. The first-order chi connectivity index (χ1) is 17.4. The number of amides is 2. The second-order valence-electron chi connectivity index (χ2n) is 8.30. The minimum Gasteiger partial charge on any atom is -0.270 e. The second-order valence-corrected chi connectivity index (χ2v) is 9.90. The van der Waals surface area contributed by atoms with Gasteiger partial charge < -0.3 is 0 Å². The lowest BCUT2D eigenvalue weighted by atomic mass is 9.91. The number of imide groups is 1. The molecule has 0 saturated heterocycles. The Morgan fingerprint density at radius 2 is 1.46 bits per heavy atom. The van der Waals surface area contributed by atoms with Gasteiger partial charge in [-0.15, -0.1) is 0 Å². The molecule has 1 unspecified atom stereocenters. The van der Waals surface area contributed by atoms with Crippen LogP contribution in [-0.2, 0) is 17.0 Å². The number of halogens is 7. The van der Waals surface area contributed by atoms with E-state index in [0.29, 0.717) is 16.7 Å². The number of benzene rings is 3. The number of rotatable bonds is 4. The number of fused-ring (bicyclic) bond motifs is 1. The molecule has 12 heteroatoms. The van der Waals surface area contributed by atoms with Crippen molar-refractivity contribution in [2.24, 2.45) is 0 Å². The van der Waals surface area contributed by atoms with Crippen molar-refractivity contribution in [3.63, 3.8) is 0 Å². The number of hydrogen-bond acceptors (Lipinski definition) is 4. The summed E-state index contributed by atoms with van der Waals surface area (Å²) in [5, 5.41) is -0.281. The molecular formula is C25H13Cl4F3N2O3. The van der Waals surface area contributed by atoms with E-state index in [1.54, 1.807) is 24.3 Å². The smallest absolute Gasteiger partial charge is 0.270 e. The highest BCUT2D eigenvalue weighted by atomic mass is 35.5. The number of alkyl halides is 3. The van der Waals surface area contributed by atoms with Gasteiger partial charge in [0.25, 0.3) is 11.8 Å². The molecule has 0 radical (unpaired) electrons. The highest BCUT2D eigenvalue weighted by Crippen LogP contribution is 2.49. The molecule has 5 rings (SSSR count). The average molecular weight is 588 g/mol. The molecule has 2 heterocycles. The molecule has 0 bridgehead atoms. The van der Waals surface area contributed by atoms with Crippen LogP contribution in [0.5, 0.6) is 0 Å². The van der Waals surface area contributed by atoms with Crippen LogP contribution < -0.4 is 5.48 Å². The molecule has 2 aliphatic heterocycles. The molecule has 5 nitrogen and oxygen atoms in total. The summed E-state index contributed by atoms with van der Waals surface area (Å²) in [5.74, 6) is -0.908. The fraction of sp³-hybridized carbons (Fsp3) is 0.120. The first kappa shape index (κ1) is 25.9. The van der Waals surface area contributed by atoms with E-state index in [9.17, 15) is 22.8 Å². The Bertz CT molecular complexity index is 1450. The van der Waals surface area contributed by atoms with Crippen LogP contribution in [0.4, 0.5) is 13.2 Å². The predicted octanol–water partition coefficient (Wildman–Crippen LogP) is 7.43. The molecule has 3 aromatic rings. The van der Waals surface area contributed by atoms with Gasteiger partial charge in [0, 0.05) is 16.1 Å². The largest absolute Gasteiger partial charge is 0.428 e. The Hall–Kier alpha value is -2.75. The number of carbonyl (C=O) groups is 2. The number of nitrogens with one attached hydrogen (secondary N) is 1. The monoisotopic (exact) mass is 586 g/mol. The van der Waals surface area contributed by atoms with E-state index in [-0.39, 0.29) is 43.5 Å². The Kier molecular flexibility index (Phi) is 6.45. The first-order valence-electron chi connectivity index (χ1n) is 10.6. The number of carbonyl (C=O) groups excluding carboxylic acids is 2. The molecule has 190 valence electrons. The quantitative estimate of drug-likeness (QED) is 0.255. The van der Waals surface area contributed by atoms with E-state index in [1.807, 2.05) is 0 Å². The van der Waals surface area contributed by atoms with Crippen LogP contribution in [0.3, 0.4) is 0 Å². The van der Waals surface area contributed by atoms with Crippen LogP contribution >= 0.6 is 46.4 Å². The summed E-state index contributed by atoms with van der Waals surface area (Å²) in [6.07, 6.45) is -4.06. The zero-order chi connectivity index (χ0) is 26.7. The van der Waals surface area contributed by atoms with Gasteiger partial charge in [-0.25, -0.2) is 0 Å². The molecule has 0 spiro atoms. The molecule has 1 atom stereocenters. The number of hydrogen-bond donors (Lipinski definition) is 1. The molecular weight excluding hydrogens is 575 g/mol. The van der Waals surface area contributed by atoms with Crippen LogP contribution in [0.25, 0.3) is 5.70 Å². The third-order valence-electron chi connectivity index (χ3n) is 6.07. The summed E-state index contributed by atoms with van der Waals surface area (Å²) in [7, 11) is 0. The second kappa shape index (κ2) is 9.22. The van der Waals surface area contributed by atoms with E-state index in [2.05, 4.69) is 5.48 Å². The standard InChI is InChI=1S/C25H13Cl4F3N2O3/c26-17-7-12(5-6-13(17)11-34-22(35)15-3-1-2-4-16(15)23(34)36)20-10-24(37-33-20,25(30,31)32)14-8-18(27)21(29)19(28)9-14/h1-10,33H,11H2. The van der Waals surface area contributed by atoms with Gasteiger partial charge in [-0.05, 0) is 42.0 Å². The van der Waals surface area contributed by atoms with Crippen molar-refractivity contribution in [2.75, 3.05) is 0 Å². The summed E-state index contributed by atoms with van der Waals surface area (Å²) in [6, 6.07) is 12.9. The molecule has 2 amide bonds. The fourth-order valence-electron chi connectivity index (χ4n) is 4.15. The van der Waals surface area contributed by atoms with Gasteiger partial charge in [0.1, 0.15) is 0 Å². The molecule has 37 heavy (non-hydrogen) atoms. The van der Waals surface area contributed by atoms with Crippen LogP contribution in [0.2, 0.25) is 20.1 Å². The van der Waals surface area contributed by atoms with Crippen molar-refractivity contribution >= 4 is 63.9 Å². The summed E-state index contributed by atoms with van der Waals surface area (Å²) in [4.78, 5) is 31.5. The Labute approximate surface area is 228 Å². The lowest BCUT2D eigenvalue weighted by molar-refractivity contribution is -0.269. The van der Waals surface area contributed by atoms with Gasteiger partial charge in [0.05, 0.1) is 38.4 Å². The zero-order valence-corrected chi connectivity index (χ0v) is 21.3. The van der Waals surface area contributed by atoms with Crippen LogP contribution in [0.1, 0.15) is 37.4 Å². The summed E-state index contributed by atoms with van der Waals surface area (Å²) in [6.45, 7) is -0.108. The molecule has 2 aliphatic rings. The summed E-state index contributed by atoms with van der Waals surface area (Å²) >= 11 is 24.3. The molecule has 3 aromatic carbocycles. The molecule has 0 aromatic heterocycles. The van der Waals surface area contributed by atoms with Crippen LogP contribution in [0, 0.1) is 0 Å². The van der Waals surface area contributed by atoms with Gasteiger partial charge in [-0.1, -0.05) is 70.7 Å². The lowest BCUT2D eigenvalue weighted by Crippen LogP contribution is -2.42. The van der Waals surface area contributed by atoms with E-state index in [1.165, 1.54) is 18.2 Å². The van der Waals surface area contributed by atoms with E-state index < -0.39 is 23.6 Å². The Morgan fingerprint density at radius 1 is 0.865 bits per heavy atom. The maximum absolute atomic E-state index is 14.3. The predicted molar refractivity (Wildman–Crippen MR) is 134 cm³/mol. The molecule has 1 N–H and O–H groups in total. The molecule has 0 fully saturated rings. The Balaban J connectivity index is 1.46. The highest BCUT2D eigenvalue weighted by molar-refractivity contribution is 6.48. The molecule has 0 aliphatic carbocycles. The normalized spacial score (nSPS) is 19.2. The summed E-state index contributed by atoms with van der Waals surface area (Å²) < 4.78 is 42.9. The van der Waals surface area contributed by atoms with Gasteiger partial charge in [0.2, 0.25) is 5.60 Å². The summed E-state index contributed by atoms with van der Waals surface area (Å²) in [5.41, 5.74) is 0.293. The van der Waals surface area contributed by atoms with Crippen molar-refractivity contribution in [1.82, 2.24) is 10.4 Å². The maximum atomic E-state index is 14.3. The van der Waals surface area contributed by atoms with E-state index in [4.69, 9.17) is 51.2 Å². The molecule has 0 saturated carbocycles. The minimum atomic E-state index is -4.91. The highest BCUT2D eigenvalue weighted by Gasteiger charge is 2.59. The van der Waals surface area contributed by atoms with Crippen LogP contribution in [0.15, 0.2) is 60.7 Å². The Morgan fingerprint density at radius 3 is 2.00 bits per heavy atom. The third-order valence-corrected chi connectivity index (χ3v) is 7.62. The number of hydroxylamine groups is 1. The number of nitrogens with zero attached hydrogens (tertiary/aromatic N) is 1. The van der Waals surface area contributed by atoms with Gasteiger partial charge in [-0.3, -0.25) is 24.8 Å². The first-order valence-corrected chi connectivity index (χ1v) is 12.1. The SMILES string of the molecule is O=C1c2ccccc2C(=O)N1Cc1ccc(C2=CC(c3cc(Cl)c(Cl)c(Cl)c3)(C(F)(F)F)ON2)cc1Cl. The van der Waals surface area contributed by atoms with Gasteiger partial charge in [0.15, 0.2) is 0 Å². The maximum Gasteiger partial charge on any atom is 0.428 e. The van der Waals surface area contributed by atoms with Crippen molar-refractivity contribution < 1.29 is 27.6 Å². The van der Waals surface area contributed by atoms with E-state index in [0.717, 1.165) is 23.1 Å². The average Bonchev–Trinajstić information content (AvgIpc) is 3.41. The fourth-order valence-corrected chi connectivity index (χ4v) is 4.99. The lowest BCUT2D eigenvalue weighted by Gasteiger charge is -2.29. The van der Waals surface area contributed by atoms with Gasteiger partial charge in [-0.2, -0.15) is 13.2 Å². The van der Waals surface area contributed by atoms with Gasteiger partial charge >= 0.3 is 6.18 Å². The van der Waals surface area contributed by atoms with Crippen molar-refractivity contribution in [3.05, 3.63) is 109 Å². The van der Waals surface area contributed by atoms with Crippen LogP contribution in [-0.4, -0.2) is 22.9 Å². The van der Waals surface area contributed by atoms with Crippen molar-refractivity contribution in [3.8, 4) is 0 Å². The topological polar surface area (TPSA) is 58.6 Å². The van der Waals surface area contributed by atoms with E-state index >= 15 is 0 Å². The van der Waals surface area contributed by atoms with Crippen molar-refractivity contribution in [2.45, 2.75) is 18.3 Å².